The van der Waals surface area contributed by atoms with Gasteiger partial charge in [0.2, 0.25) is 0 Å². The van der Waals surface area contributed by atoms with Crippen LogP contribution in [0.1, 0.15) is 0 Å². The van der Waals surface area contributed by atoms with Gasteiger partial charge in [-0.2, -0.15) is 0 Å². The van der Waals surface area contributed by atoms with Crippen LogP contribution in [0.5, 0.6) is 0 Å². The molecule has 5 heteroatoms. The maximum absolute atomic E-state index is 11.0. The zero-order chi connectivity index (χ0) is 6.08. The molecule has 0 N–H and O–H groups in total. The quantitative estimate of drug-likeness (QED) is 0.589. The maximum atomic E-state index is 11.0. The van der Waals surface area contributed by atoms with Crippen molar-refractivity contribution >= 4 is 4.15 Å². The molecule has 0 aromatic heterocycles. The van der Waals surface area contributed by atoms with Crippen LogP contribution in [0.25, 0.3) is 0 Å². The number of hydrogen-bond acceptors (Lipinski definition) is 0. The van der Waals surface area contributed by atoms with Crippen molar-refractivity contribution < 1.29 is 36.9 Å². The summed E-state index contributed by atoms with van der Waals surface area (Å²) in [6.45, 7) is 0. The first-order valence-electron chi connectivity index (χ1n) is 1.16. The van der Waals surface area contributed by atoms with Crippen LogP contribution in [-0.4, -0.2) is 10.3 Å². The van der Waals surface area contributed by atoms with Gasteiger partial charge in [0.25, 0.3) is 0 Å². The molecule has 0 atom stereocenters. The van der Waals surface area contributed by atoms with Crippen molar-refractivity contribution in [1.82, 2.24) is 0 Å². The van der Waals surface area contributed by atoms with Gasteiger partial charge < -0.3 is 0 Å². The Labute approximate surface area is 47.9 Å². The Kier molecular flexibility index (Phi) is 2.11. The normalized spacial score (nSPS) is 11.7. The Hall–Kier alpha value is 0.278. The monoisotopic (exact) mass is 295 g/mol. The zero-order valence-electron chi connectivity index (χ0n) is 2.83. The van der Waals surface area contributed by atoms with E-state index in [-0.39, 0.29) is 0 Å². The molecule has 0 aromatic carbocycles. The molecular formula is C2F4Pt. The second-order valence-electron chi connectivity index (χ2n) is 0.731. The molecule has 0 heterocycles. The van der Waals surface area contributed by atoms with Crippen LogP contribution in [0.3, 0.4) is 0 Å². The van der Waals surface area contributed by atoms with E-state index in [1.807, 2.05) is 0 Å². The summed E-state index contributed by atoms with van der Waals surface area (Å²) in [4.78, 5) is 0. The number of hydrogen-bond donors (Lipinski definition) is 0. The molecule has 0 aliphatic rings. The summed E-state index contributed by atoms with van der Waals surface area (Å²) in [6, 6.07) is 0. The first-order chi connectivity index (χ1) is 2.94. The van der Waals surface area contributed by atoms with E-state index in [0.717, 1.165) is 0 Å². The average Bonchev–Trinajstić information content (AvgIpc) is 1.31. The van der Waals surface area contributed by atoms with E-state index in [1.54, 1.807) is 0 Å². The zero-order valence-corrected chi connectivity index (χ0v) is 5.10. The van der Waals surface area contributed by atoms with Crippen molar-refractivity contribution in [2.75, 3.05) is 0 Å². The molecule has 0 nitrogen and oxygen atoms in total. The Balaban J connectivity index is 3.79. The Morgan fingerprint density at radius 3 is 1.43 bits per heavy atom. The minimum absolute atomic E-state index is 0.559. The molecule has 0 saturated carbocycles. The van der Waals surface area contributed by atoms with E-state index in [0.29, 0.717) is 19.4 Å². The third kappa shape index (κ3) is 2.92. The molecule has 0 unspecified atom stereocenters. The van der Waals surface area contributed by atoms with Gasteiger partial charge in [-0.25, -0.2) is 0 Å². The summed E-state index contributed by atoms with van der Waals surface area (Å²) in [5.74, 6) is 0. The molecule has 0 fully saturated rings. The molecule has 0 rings (SSSR count). The van der Waals surface area contributed by atoms with E-state index in [1.165, 1.54) is 0 Å². The Morgan fingerprint density at radius 1 is 1.29 bits per heavy atom. The van der Waals surface area contributed by atoms with E-state index in [4.69, 9.17) is 0 Å². The fraction of sp³-hybridized carbons (Fsp3) is 0.500. The SMILES string of the molecule is F[C](=[Pt])C(F)(F)F. The Bertz CT molecular complexity index is 82.2. The standard InChI is InChI=1S/C2F4.Pt/c3-1-2(4,5)6;. The van der Waals surface area contributed by atoms with Crippen molar-refractivity contribution in [2.45, 2.75) is 6.18 Å². The van der Waals surface area contributed by atoms with Crippen LogP contribution in [-0.2, 0) is 19.4 Å². The molecule has 46 valence electrons. The second kappa shape index (κ2) is 2.03. The molecule has 0 amide bonds. The fourth-order valence-electron chi connectivity index (χ4n) is 0. The molecule has 0 spiro atoms. The summed E-state index contributed by atoms with van der Waals surface area (Å²) in [5.41, 5.74) is 0. The van der Waals surface area contributed by atoms with Crippen molar-refractivity contribution in [3.63, 3.8) is 0 Å². The van der Waals surface area contributed by atoms with Gasteiger partial charge >= 0.3 is 47.2 Å². The van der Waals surface area contributed by atoms with E-state index in [9.17, 15) is 17.6 Å². The van der Waals surface area contributed by atoms with Gasteiger partial charge in [-0.3, -0.25) is 0 Å². The average molecular weight is 295 g/mol. The molecule has 7 heavy (non-hydrogen) atoms. The molecule has 0 aromatic rings. The van der Waals surface area contributed by atoms with E-state index in [2.05, 4.69) is 0 Å². The number of halogens is 4. The molecule has 0 bridgehead atoms. The van der Waals surface area contributed by atoms with Crippen LogP contribution in [0.2, 0.25) is 0 Å². The van der Waals surface area contributed by atoms with Gasteiger partial charge in [0, 0.05) is 0 Å². The topological polar surface area (TPSA) is 0 Å². The molecule has 0 aliphatic carbocycles. The second-order valence-corrected chi connectivity index (χ2v) is 1.73. The van der Waals surface area contributed by atoms with Crippen molar-refractivity contribution in [3.8, 4) is 0 Å². The summed E-state index contributed by atoms with van der Waals surface area (Å²) in [6.07, 6.45) is -4.76. The van der Waals surface area contributed by atoms with Crippen LogP contribution in [0.15, 0.2) is 0 Å². The molecule has 0 saturated heterocycles. The summed E-state index contributed by atoms with van der Waals surface area (Å²) >= 11 is 0.559. The molecule has 0 aliphatic heterocycles. The van der Waals surface area contributed by atoms with Gasteiger partial charge in [-0.1, -0.05) is 0 Å². The third-order valence-electron chi connectivity index (χ3n) is 0.197. The van der Waals surface area contributed by atoms with Crippen LogP contribution in [0, 0.1) is 0 Å². The van der Waals surface area contributed by atoms with Crippen LogP contribution >= 0.6 is 0 Å². The van der Waals surface area contributed by atoms with Crippen molar-refractivity contribution in [2.24, 2.45) is 0 Å². The number of alkyl halides is 3. The van der Waals surface area contributed by atoms with Gasteiger partial charge in [-0.15, -0.1) is 0 Å². The minimum atomic E-state index is -4.76. The summed E-state index contributed by atoms with van der Waals surface area (Å²) in [5, 5.41) is 0. The number of rotatable bonds is 0. The van der Waals surface area contributed by atoms with Crippen LogP contribution < -0.4 is 0 Å². The Morgan fingerprint density at radius 2 is 1.43 bits per heavy atom. The molecule has 0 radical (unpaired) electrons. The van der Waals surface area contributed by atoms with Gasteiger partial charge in [-0.05, 0) is 0 Å². The van der Waals surface area contributed by atoms with E-state index < -0.39 is 10.3 Å². The first kappa shape index (κ1) is 7.28. The fourth-order valence-corrected chi connectivity index (χ4v) is 0. The first-order valence-corrected chi connectivity index (χ1v) is 2.30. The van der Waals surface area contributed by atoms with Crippen molar-refractivity contribution in [3.05, 3.63) is 0 Å². The van der Waals surface area contributed by atoms with Gasteiger partial charge in [0.1, 0.15) is 0 Å². The summed E-state index contributed by atoms with van der Waals surface area (Å²) in [7, 11) is 0. The van der Waals surface area contributed by atoms with Crippen LogP contribution in [0.4, 0.5) is 17.6 Å². The predicted molar refractivity (Wildman–Crippen MR) is 12.2 cm³/mol. The molecular weight excluding hydrogens is 295 g/mol. The third-order valence-corrected chi connectivity index (χ3v) is 0.841. The summed E-state index contributed by atoms with van der Waals surface area (Å²) < 4.78 is 41.2. The van der Waals surface area contributed by atoms with Crippen molar-refractivity contribution in [1.29, 1.82) is 0 Å². The predicted octanol–water partition coefficient (Wildman–Crippen LogP) is 1.19. The van der Waals surface area contributed by atoms with E-state index >= 15 is 0 Å². The van der Waals surface area contributed by atoms with Gasteiger partial charge in [0.05, 0.1) is 0 Å². The van der Waals surface area contributed by atoms with Gasteiger partial charge in [0.15, 0.2) is 0 Å².